The zero-order valence-corrected chi connectivity index (χ0v) is 26.7. The van der Waals surface area contributed by atoms with Crippen molar-refractivity contribution in [3.63, 3.8) is 0 Å². The molecule has 0 aromatic carbocycles. The summed E-state index contributed by atoms with van der Waals surface area (Å²) in [5.41, 5.74) is 3.72. The molecular weight excluding hydrogens is 570 g/mol. The van der Waals surface area contributed by atoms with Crippen molar-refractivity contribution >= 4 is 17.8 Å². The number of anilines is 1. The molecular formula is C35H45N5O5. The van der Waals surface area contributed by atoms with Gasteiger partial charge in [0.1, 0.15) is 23.5 Å². The Morgan fingerprint density at radius 3 is 2.29 bits per heavy atom. The van der Waals surface area contributed by atoms with Crippen molar-refractivity contribution in [2.45, 2.75) is 83.0 Å². The zero-order chi connectivity index (χ0) is 31.5. The smallest absolute Gasteiger partial charge is 0.407 e. The number of oxazole rings is 1. The van der Waals surface area contributed by atoms with Gasteiger partial charge >= 0.3 is 6.09 Å². The van der Waals surface area contributed by atoms with Crippen molar-refractivity contribution < 1.29 is 23.8 Å². The van der Waals surface area contributed by atoms with Crippen LogP contribution in [-0.2, 0) is 4.79 Å². The fourth-order valence-electron chi connectivity index (χ4n) is 7.15. The number of methoxy groups -OCH3 is 1. The molecule has 2 amide bonds. The number of aromatic nitrogens is 3. The molecule has 6 rings (SSSR count). The molecule has 3 fully saturated rings. The summed E-state index contributed by atoms with van der Waals surface area (Å²) in [4.78, 5) is 43.2. The number of carbonyl (C=O) groups excluding carboxylic acids is 1. The Labute approximate surface area is 265 Å². The number of pyridine rings is 2. The van der Waals surface area contributed by atoms with Crippen molar-refractivity contribution in [1.29, 1.82) is 0 Å². The van der Waals surface area contributed by atoms with Crippen LogP contribution < -0.4 is 9.64 Å². The highest BCUT2D eigenvalue weighted by Crippen LogP contribution is 2.41. The number of hydrogen-bond acceptors (Lipinski definition) is 7. The molecule has 10 heteroatoms. The number of hydrogen-bond donors (Lipinski definition) is 1. The third-order valence-electron chi connectivity index (χ3n) is 10.1. The summed E-state index contributed by atoms with van der Waals surface area (Å²) in [6.45, 7) is 3.13. The van der Waals surface area contributed by atoms with Crippen LogP contribution in [0.15, 0.2) is 41.1 Å². The molecule has 0 atom stereocenters. The van der Waals surface area contributed by atoms with Gasteiger partial charge in [0.15, 0.2) is 5.89 Å². The molecule has 0 saturated heterocycles. The second-order valence-corrected chi connectivity index (χ2v) is 13.3. The van der Waals surface area contributed by atoms with Gasteiger partial charge in [0.2, 0.25) is 5.91 Å². The standard InChI is InChI=1S/C35H45N5O5/c1-22-31(44-3)15-14-29(37-22)25-8-4-24(5-9-25)20-40(34(41)27-10-6-23(7-11-27)19-39(2)35(42)43)32-18-28(16-17-36-32)30-21-45-33(38-30)26-12-13-26/h14-18,21,23-27H,4-13,19-20H2,1-3H3,(H,42,43). The van der Waals surface area contributed by atoms with Gasteiger partial charge in [0.25, 0.3) is 0 Å². The lowest BCUT2D eigenvalue weighted by Crippen LogP contribution is -2.42. The molecule has 0 radical (unpaired) electrons. The van der Waals surface area contributed by atoms with Gasteiger partial charge in [0.05, 0.1) is 12.8 Å². The highest BCUT2D eigenvalue weighted by Gasteiger charge is 2.34. The Morgan fingerprint density at radius 1 is 0.933 bits per heavy atom. The molecule has 3 aromatic heterocycles. The monoisotopic (exact) mass is 615 g/mol. The van der Waals surface area contributed by atoms with E-state index in [1.54, 1.807) is 26.6 Å². The molecule has 45 heavy (non-hydrogen) atoms. The van der Waals surface area contributed by atoms with E-state index >= 15 is 0 Å². The van der Waals surface area contributed by atoms with Gasteiger partial charge in [-0.25, -0.2) is 14.8 Å². The molecule has 0 aliphatic heterocycles. The first-order valence-electron chi connectivity index (χ1n) is 16.5. The van der Waals surface area contributed by atoms with Crippen LogP contribution in [0.4, 0.5) is 10.6 Å². The second kappa shape index (κ2) is 13.6. The van der Waals surface area contributed by atoms with Gasteiger partial charge in [0, 0.05) is 55.3 Å². The molecule has 3 aliphatic rings. The number of aryl methyl sites for hydroxylation is 1. The van der Waals surface area contributed by atoms with E-state index in [1.165, 1.54) is 4.90 Å². The van der Waals surface area contributed by atoms with Crippen LogP contribution in [0, 0.1) is 24.7 Å². The van der Waals surface area contributed by atoms with E-state index in [2.05, 4.69) is 6.07 Å². The molecule has 240 valence electrons. The normalized spacial score (nSPS) is 23.4. The largest absolute Gasteiger partial charge is 0.495 e. The van der Waals surface area contributed by atoms with Gasteiger partial charge < -0.3 is 19.2 Å². The molecule has 3 aliphatic carbocycles. The van der Waals surface area contributed by atoms with E-state index in [0.717, 1.165) is 98.5 Å². The summed E-state index contributed by atoms with van der Waals surface area (Å²) in [5, 5.41) is 9.30. The third-order valence-corrected chi connectivity index (χ3v) is 10.1. The second-order valence-electron chi connectivity index (χ2n) is 13.3. The first-order valence-corrected chi connectivity index (χ1v) is 16.5. The minimum atomic E-state index is -0.908. The Hall–Kier alpha value is -3.95. The van der Waals surface area contributed by atoms with Crippen molar-refractivity contribution in [2.24, 2.45) is 17.8 Å². The fourth-order valence-corrected chi connectivity index (χ4v) is 7.15. The topological polar surface area (TPSA) is 122 Å². The van der Waals surface area contributed by atoms with E-state index in [-0.39, 0.29) is 17.7 Å². The lowest BCUT2D eigenvalue weighted by Gasteiger charge is -2.36. The molecule has 0 unspecified atom stereocenters. The van der Waals surface area contributed by atoms with Crippen molar-refractivity contribution in [1.82, 2.24) is 19.9 Å². The van der Waals surface area contributed by atoms with Gasteiger partial charge in [-0.15, -0.1) is 0 Å². The van der Waals surface area contributed by atoms with Gasteiger partial charge in [-0.05, 0) is 107 Å². The van der Waals surface area contributed by atoms with E-state index in [0.29, 0.717) is 36.7 Å². The molecule has 10 nitrogen and oxygen atoms in total. The molecule has 0 spiro atoms. The number of ether oxygens (including phenoxy) is 1. The number of amides is 2. The van der Waals surface area contributed by atoms with E-state index < -0.39 is 6.09 Å². The van der Waals surface area contributed by atoms with Crippen LogP contribution in [0.1, 0.15) is 93.3 Å². The molecule has 0 bridgehead atoms. The van der Waals surface area contributed by atoms with Crippen molar-refractivity contribution in [3.05, 3.63) is 54.0 Å². The average Bonchev–Trinajstić information content (AvgIpc) is 3.79. The van der Waals surface area contributed by atoms with Crippen LogP contribution >= 0.6 is 0 Å². The number of carboxylic acid groups (broad SMARTS) is 1. The SMILES string of the molecule is COc1ccc(C2CCC(CN(C(=O)C3CCC(CN(C)C(=O)O)CC3)c3cc(-c4coc(C5CC5)n4)ccn3)CC2)nc1C. The fraction of sp³-hybridized carbons (Fsp3) is 0.571. The first kappa shape index (κ1) is 31.0. The molecule has 3 heterocycles. The minimum absolute atomic E-state index is 0.0989. The van der Waals surface area contributed by atoms with Crippen molar-refractivity contribution in [3.8, 4) is 17.0 Å². The summed E-state index contributed by atoms with van der Waals surface area (Å²) < 4.78 is 11.2. The quantitative estimate of drug-likeness (QED) is 0.258. The lowest BCUT2D eigenvalue weighted by molar-refractivity contribution is -0.123. The highest BCUT2D eigenvalue weighted by atomic mass is 16.5. The number of rotatable bonds is 10. The highest BCUT2D eigenvalue weighted by molar-refractivity contribution is 5.94. The first-order chi connectivity index (χ1) is 21.8. The van der Waals surface area contributed by atoms with Gasteiger partial charge in [-0.2, -0.15) is 0 Å². The third kappa shape index (κ3) is 7.31. The van der Waals surface area contributed by atoms with E-state index in [4.69, 9.17) is 24.1 Å². The number of carbonyl (C=O) groups is 2. The average molecular weight is 616 g/mol. The van der Waals surface area contributed by atoms with Crippen LogP contribution in [0.25, 0.3) is 11.3 Å². The Bertz CT molecular complexity index is 1490. The van der Waals surface area contributed by atoms with Crippen LogP contribution in [0.2, 0.25) is 0 Å². The maximum absolute atomic E-state index is 14.3. The van der Waals surface area contributed by atoms with Gasteiger partial charge in [-0.1, -0.05) is 0 Å². The van der Waals surface area contributed by atoms with E-state index in [9.17, 15) is 14.7 Å². The van der Waals surface area contributed by atoms with Crippen LogP contribution in [-0.4, -0.2) is 64.2 Å². The molecule has 3 saturated carbocycles. The minimum Gasteiger partial charge on any atom is -0.495 e. The van der Waals surface area contributed by atoms with Crippen molar-refractivity contribution in [2.75, 3.05) is 32.1 Å². The van der Waals surface area contributed by atoms with Gasteiger partial charge in [-0.3, -0.25) is 14.7 Å². The zero-order valence-electron chi connectivity index (χ0n) is 26.7. The Kier molecular flexibility index (Phi) is 9.37. The maximum atomic E-state index is 14.3. The molecule has 3 aromatic rings. The number of nitrogens with zero attached hydrogens (tertiary/aromatic N) is 5. The van der Waals surface area contributed by atoms with Crippen LogP contribution in [0.5, 0.6) is 5.75 Å². The summed E-state index contributed by atoms with van der Waals surface area (Å²) >= 11 is 0. The lowest BCUT2D eigenvalue weighted by atomic mass is 9.79. The summed E-state index contributed by atoms with van der Waals surface area (Å²) in [5.74, 6) is 3.77. The summed E-state index contributed by atoms with van der Waals surface area (Å²) in [6, 6.07) is 8.01. The predicted octanol–water partition coefficient (Wildman–Crippen LogP) is 7.05. The summed E-state index contributed by atoms with van der Waals surface area (Å²) in [6.07, 6.45) is 12.1. The summed E-state index contributed by atoms with van der Waals surface area (Å²) in [7, 11) is 3.29. The Morgan fingerprint density at radius 2 is 1.62 bits per heavy atom. The predicted molar refractivity (Wildman–Crippen MR) is 170 cm³/mol. The van der Waals surface area contributed by atoms with E-state index in [1.807, 2.05) is 30.0 Å². The maximum Gasteiger partial charge on any atom is 0.407 e. The van der Waals surface area contributed by atoms with Crippen LogP contribution in [0.3, 0.4) is 0 Å². The Balaban J connectivity index is 1.17. The molecule has 1 N–H and O–H groups in total.